The van der Waals surface area contributed by atoms with Crippen LogP contribution in [-0.4, -0.2) is 15.0 Å². The van der Waals surface area contributed by atoms with Crippen LogP contribution in [0.3, 0.4) is 0 Å². The monoisotopic (exact) mass is 743 g/mol. The van der Waals surface area contributed by atoms with Crippen molar-refractivity contribution in [2.75, 3.05) is 0 Å². The molecule has 4 heteroatoms. The summed E-state index contributed by atoms with van der Waals surface area (Å²) in [5.74, 6) is 1.94. The second-order valence-electron chi connectivity index (χ2n) is 14.3. The van der Waals surface area contributed by atoms with Gasteiger partial charge in [0.1, 0.15) is 0 Å². The largest absolute Gasteiger partial charge is 0.208 e. The predicted molar refractivity (Wildman–Crippen MR) is 240 cm³/mol. The van der Waals surface area contributed by atoms with Crippen LogP contribution in [0.1, 0.15) is 0 Å². The Kier molecular flexibility index (Phi) is 8.01. The standard InChI is InChI=1S/C53H33N3S/c1-3-16-34(17-4-1)35-30-32-37(33-31-35)48-40-22-8-10-24-42(40)49(43-25-11-9-23-41(43)48)53-55-51(45-26-12-7-20-38(45)36-18-5-2-6-19-36)54-52(56-53)46-28-15-27-44-39-21-13-14-29-47(39)57-50(44)46/h1-33H. The Balaban J connectivity index is 1.19. The van der Waals surface area contributed by atoms with Crippen molar-refractivity contribution in [2.24, 2.45) is 0 Å². The number of hydrogen-bond donors (Lipinski definition) is 0. The zero-order chi connectivity index (χ0) is 37.7. The summed E-state index contributed by atoms with van der Waals surface area (Å²) in [7, 11) is 0. The summed E-state index contributed by atoms with van der Waals surface area (Å²) < 4.78 is 2.41. The van der Waals surface area contributed by atoms with E-state index in [4.69, 9.17) is 15.0 Å². The molecular weight excluding hydrogens is 711 g/mol. The van der Waals surface area contributed by atoms with Crippen LogP contribution in [-0.2, 0) is 0 Å². The summed E-state index contributed by atoms with van der Waals surface area (Å²) in [4.78, 5) is 16.2. The molecule has 9 aromatic carbocycles. The van der Waals surface area contributed by atoms with E-state index < -0.39 is 0 Å². The number of rotatable bonds is 6. The van der Waals surface area contributed by atoms with Crippen molar-refractivity contribution in [1.82, 2.24) is 15.0 Å². The lowest BCUT2D eigenvalue weighted by Gasteiger charge is -2.18. The van der Waals surface area contributed by atoms with E-state index in [0.29, 0.717) is 17.5 Å². The molecular formula is C53H33N3S. The van der Waals surface area contributed by atoms with E-state index in [1.54, 1.807) is 11.3 Å². The van der Waals surface area contributed by atoms with Gasteiger partial charge in [0.15, 0.2) is 17.5 Å². The van der Waals surface area contributed by atoms with Crippen molar-refractivity contribution in [1.29, 1.82) is 0 Å². The highest BCUT2D eigenvalue weighted by atomic mass is 32.1. The van der Waals surface area contributed by atoms with E-state index in [1.165, 1.54) is 42.4 Å². The van der Waals surface area contributed by atoms with Crippen LogP contribution in [0, 0.1) is 0 Å². The Morgan fingerprint density at radius 2 is 0.702 bits per heavy atom. The average molecular weight is 744 g/mol. The van der Waals surface area contributed by atoms with E-state index in [9.17, 15) is 0 Å². The molecule has 57 heavy (non-hydrogen) atoms. The first-order chi connectivity index (χ1) is 28.3. The van der Waals surface area contributed by atoms with Gasteiger partial charge in [0.25, 0.3) is 0 Å². The fourth-order valence-corrected chi connectivity index (χ4v) is 9.55. The molecule has 0 radical (unpaired) electrons. The lowest BCUT2D eigenvalue weighted by atomic mass is 9.87. The predicted octanol–water partition coefficient (Wildman–Crippen LogP) is 14.5. The lowest BCUT2D eigenvalue weighted by molar-refractivity contribution is 1.08. The molecule has 0 atom stereocenters. The zero-order valence-corrected chi connectivity index (χ0v) is 31.6. The van der Waals surface area contributed by atoms with E-state index >= 15 is 0 Å². The van der Waals surface area contributed by atoms with Gasteiger partial charge in [-0.05, 0) is 67.1 Å². The van der Waals surface area contributed by atoms with Gasteiger partial charge in [-0.25, -0.2) is 15.0 Å². The molecule has 0 fully saturated rings. The third-order valence-electron chi connectivity index (χ3n) is 11.0. The van der Waals surface area contributed by atoms with Gasteiger partial charge in [-0.1, -0.05) is 188 Å². The molecule has 0 aliphatic heterocycles. The van der Waals surface area contributed by atoms with Crippen LogP contribution in [0.4, 0.5) is 0 Å². The van der Waals surface area contributed by atoms with Crippen LogP contribution in [0.25, 0.3) is 109 Å². The van der Waals surface area contributed by atoms with Crippen LogP contribution >= 0.6 is 11.3 Å². The van der Waals surface area contributed by atoms with Gasteiger partial charge in [0, 0.05) is 36.9 Å². The number of benzene rings is 9. The van der Waals surface area contributed by atoms with E-state index in [0.717, 1.165) is 49.4 Å². The number of nitrogens with zero attached hydrogens (tertiary/aromatic N) is 3. The fraction of sp³-hybridized carbons (Fsp3) is 0. The third kappa shape index (κ3) is 5.69. The van der Waals surface area contributed by atoms with Crippen molar-refractivity contribution in [3.63, 3.8) is 0 Å². The molecule has 2 aromatic heterocycles. The van der Waals surface area contributed by atoms with Gasteiger partial charge >= 0.3 is 0 Å². The highest BCUT2D eigenvalue weighted by molar-refractivity contribution is 7.26. The molecule has 0 N–H and O–H groups in total. The molecule has 0 aliphatic rings. The van der Waals surface area contributed by atoms with Crippen molar-refractivity contribution in [3.8, 4) is 67.5 Å². The van der Waals surface area contributed by atoms with E-state index in [2.05, 4.69) is 200 Å². The number of hydrogen-bond acceptors (Lipinski definition) is 4. The third-order valence-corrected chi connectivity index (χ3v) is 12.2. The molecule has 0 bridgehead atoms. The molecule has 0 saturated carbocycles. The van der Waals surface area contributed by atoms with Gasteiger partial charge in [0.2, 0.25) is 0 Å². The van der Waals surface area contributed by atoms with Crippen molar-refractivity contribution >= 4 is 53.1 Å². The molecule has 11 aromatic rings. The highest BCUT2D eigenvalue weighted by Gasteiger charge is 2.22. The summed E-state index contributed by atoms with van der Waals surface area (Å²) in [6, 6.07) is 70.9. The number of thiophene rings is 1. The molecule has 2 heterocycles. The quantitative estimate of drug-likeness (QED) is 0.159. The maximum absolute atomic E-state index is 5.45. The molecule has 0 aliphatic carbocycles. The average Bonchev–Trinajstić information content (AvgIpc) is 3.68. The lowest BCUT2D eigenvalue weighted by Crippen LogP contribution is -2.02. The minimum atomic E-state index is 0.640. The number of aromatic nitrogens is 3. The second kappa shape index (κ2) is 13.8. The van der Waals surface area contributed by atoms with Crippen molar-refractivity contribution in [3.05, 3.63) is 200 Å². The minimum Gasteiger partial charge on any atom is -0.208 e. The van der Waals surface area contributed by atoms with Gasteiger partial charge < -0.3 is 0 Å². The van der Waals surface area contributed by atoms with Crippen LogP contribution in [0.5, 0.6) is 0 Å². The molecule has 0 unspecified atom stereocenters. The first kappa shape index (κ1) is 33.1. The Morgan fingerprint density at radius 3 is 1.37 bits per heavy atom. The van der Waals surface area contributed by atoms with Gasteiger partial charge in [-0.15, -0.1) is 11.3 Å². The van der Waals surface area contributed by atoms with Crippen LogP contribution < -0.4 is 0 Å². The van der Waals surface area contributed by atoms with Gasteiger partial charge in [0.05, 0.1) is 0 Å². The summed E-state index contributed by atoms with van der Waals surface area (Å²) in [5, 5.41) is 6.94. The topological polar surface area (TPSA) is 38.7 Å². The van der Waals surface area contributed by atoms with Gasteiger partial charge in [-0.3, -0.25) is 0 Å². The summed E-state index contributed by atoms with van der Waals surface area (Å²) in [5.41, 5.74) is 9.90. The Morgan fingerprint density at radius 1 is 0.263 bits per heavy atom. The summed E-state index contributed by atoms with van der Waals surface area (Å²) in [6.07, 6.45) is 0. The maximum atomic E-state index is 5.45. The van der Waals surface area contributed by atoms with Crippen molar-refractivity contribution in [2.45, 2.75) is 0 Å². The molecule has 11 rings (SSSR count). The molecule has 0 spiro atoms. The van der Waals surface area contributed by atoms with Crippen LogP contribution in [0.15, 0.2) is 200 Å². The first-order valence-electron chi connectivity index (χ1n) is 19.2. The second-order valence-corrected chi connectivity index (χ2v) is 15.3. The summed E-state index contributed by atoms with van der Waals surface area (Å²) in [6.45, 7) is 0. The van der Waals surface area contributed by atoms with Crippen LogP contribution in [0.2, 0.25) is 0 Å². The summed E-state index contributed by atoms with van der Waals surface area (Å²) >= 11 is 1.79. The Bertz CT molecular complexity index is 3220. The highest BCUT2D eigenvalue weighted by Crippen LogP contribution is 2.45. The van der Waals surface area contributed by atoms with E-state index in [-0.39, 0.29) is 0 Å². The first-order valence-corrected chi connectivity index (χ1v) is 20.0. The molecule has 0 amide bonds. The SMILES string of the molecule is c1ccc(-c2ccc(-c3c4ccccc4c(-c4nc(-c5ccccc5-c5ccccc5)nc(-c5cccc6c5sc5ccccc56)n4)c4ccccc34)cc2)cc1. The van der Waals surface area contributed by atoms with Gasteiger partial charge in [-0.2, -0.15) is 0 Å². The van der Waals surface area contributed by atoms with Crippen molar-refractivity contribution < 1.29 is 0 Å². The molecule has 0 saturated heterocycles. The maximum Gasteiger partial charge on any atom is 0.165 e. The Hall–Kier alpha value is -7.27. The van der Waals surface area contributed by atoms with E-state index in [1.807, 2.05) is 0 Å². The zero-order valence-electron chi connectivity index (χ0n) is 30.8. The fourth-order valence-electron chi connectivity index (χ4n) is 8.34. The molecule has 266 valence electrons. The smallest absolute Gasteiger partial charge is 0.165 e. The molecule has 3 nitrogen and oxygen atoms in total. The Labute approximate surface area is 334 Å². The normalized spacial score (nSPS) is 11.5. The minimum absolute atomic E-state index is 0.640. The number of fused-ring (bicyclic) bond motifs is 5.